The molecule has 1 aromatic carbocycles. The highest BCUT2D eigenvalue weighted by Gasteiger charge is 2.47. The smallest absolute Gasteiger partial charge is 0.416 e. The molecule has 12 heteroatoms. The van der Waals surface area contributed by atoms with E-state index >= 15 is 0 Å². The van der Waals surface area contributed by atoms with E-state index in [4.69, 9.17) is 4.74 Å². The number of amides is 3. The SMILES string of the molecule is CC(=O)Oc1ccc(C(=O)N[C@H](C(=O)N2CCC[C@H]2C(=O)NC(C(C)C)C(O)C(F)(F)F)C(C)C)cc1. The van der Waals surface area contributed by atoms with Crippen LogP contribution in [0, 0.1) is 11.8 Å². The summed E-state index contributed by atoms with van der Waals surface area (Å²) in [6.07, 6.45) is -6.98. The van der Waals surface area contributed by atoms with Gasteiger partial charge in [0.15, 0.2) is 6.10 Å². The van der Waals surface area contributed by atoms with Crippen molar-refractivity contribution in [3.8, 4) is 5.75 Å². The topological polar surface area (TPSA) is 125 Å². The van der Waals surface area contributed by atoms with Crippen molar-refractivity contribution in [1.29, 1.82) is 0 Å². The minimum atomic E-state index is -4.92. The van der Waals surface area contributed by atoms with Crippen molar-refractivity contribution in [1.82, 2.24) is 15.5 Å². The molecule has 1 heterocycles. The van der Waals surface area contributed by atoms with E-state index in [2.05, 4.69) is 10.6 Å². The quantitative estimate of drug-likeness (QED) is 0.333. The minimum absolute atomic E-state index is 0.196. The molecule has 1 aliphatic heterocycles. The standard InChI is InChI=1S/C25H34F3N3O6/c1-13(2)19(21(33)25(26,27)28)29-23(35)18-7-6-12-31(18)24(36)20(14(3)4)30-22(34)16-8-10-17(11-9-16)37-15(5)32/h8-11,13-14,18-21,33H,6-7,12H2,1-5H3,(H,29,35)(H,30,34)/t18-,19?,20-,21?/m0/s1. The number of aliphatic hydroxyl groups is 1. The Labute approximate surface area is 213 Å². The Kier molecular flexibility index (Phi) is 10.1. The van der Waals surface area contributed by atoms with Gasteiger partial charge in [0, 0.05) is 19.0 Å². The number of benzene rings is 1. The highest BCUT2D eigenvalue weighted by atomic mass is 19.4. The Balaban J connectivity index is 2.15. The number of alkyl halides is 3. The molecular weight excluding hydrogens is 495 g/mol. The molecule has 1 fully saturated rings. The van der Waals surface area contributed by atoms with Gasteiger partial charge >= 0.3 is 12.1 Å². The number of hydrogen-bond acceptors (Lipinski definition) is 6. The van der Waals surface area contributed by atoms with Crippen LogP contribution in [0.5, 0.6) is 5.75 Å². The van der Waals surface area contributed by atoms with Crippen molar-refractivity contribution >= 4 is 23.7 Å². The van der Waals surface area contributed by atoms with Crippen molar-refractivity contribution in [2.24, 2.45) is 11.8 Å². The third kappa shape index (κ3) is 7.91. The number of halogens is 3. The number of rotatable bonds is 9. The fraction of sp³-hybridized carbons (Fsp3) is 0.600. The molecule has 1 saturated heterocycles. The van der Waals surface area contributed by atoms with Gasteiger partial charge in [-0.2, -0.15) is 13.2 Å². The van der Waals surface area contributed by atoms with Gasteiger partial charge in [0.25, 0.3) is 5.91 Å². The fourth-order valence-electron chi connectivity index (χ4n) is 4.13. The minimum Gasteiger partial charge on any atom is -0.427 e. The number of nitrogens with zero attached hydrogens (tertiary/aromatic N) is 1. The lowest BCUT2D eigenvalue weighted by Gasteiger charge is -2.33. The fourth-order valence-corrected chi connectivity index (χ4v) is 4.13. The Bertz CT molecular complexity index is 981. The lowest BCUT2D eigenvalue weighted by atomic mass is 9.97. The van der Waals surface area contributed by atoms with Crippen molar-refractivity contribution in [2.45, 2.75) is 77.9 Å². The van der Waals surface area contributed by atoms with E-state index in [0.29, 0.717) is 6.42 Å². The van der Waals surface area contributed by atoms with Crippen LogP contribution in [0.3, 0.4) is 0 Å². The van der Waals surface area contributed by atoms with Crippen LogP contribution < -0.4 is 15.4 Å². The van der Waals surface area contributed by atoms with Crippen molar-refractivity contribution in [3.63, 3.8) is 0 Å². The van der Waals surface area contributed by atoms with Crippen LogP contribution in [0.15, 0.2) is 24.3 Å². The van der Waals surface area contributed by atoms with Gasteiger partial charge in [-0.05, 0) is 48.9 Å². The molecular formula is C25H34F3N3O6. The largest absolute Gasteiger partial charge is 0.427 e. The lowest BCUT2D eigenvalue weighted by molar-refractivity contribution is -0.215. The second kappa shape index (κ2) is 12.4. The molecule has 37 heavy (non-hydrogen) atoms. The summed E-state index contributed by atoms with van der Waals surface area (Å²) in [6.45, 7) is 7.76. The summed E-state index contributed by atoms with van der Waals surface area (Å²) in [5.41, 5.74) is 0.214. The summed E-state index contributed by atoms with van der Waals surface area (Å²) in [5.74, 6) is -3.23. The van der Waals surface area contributed by atoms with Crippen LogP contribution in [0.2, 0.25) is 0 Å². The number of carbonyl (C=O) groups is 4. The van der Waals surface area contributed by atoms with E-state index < -0.39 is 60.0 Å². The molecule has 0 aliphatic carbocycles. The monoisotopic (exact) mass is 529 g/mol. The van der Waals surface area contributed by atoms with Gasteiger partial charge in [-0.25, -0.2) is 0 Å². The molecule has 0 saturated carbocycles. The van der Waals surface area contributed by atoms with Gasteiger partial charge in [-0.3, -0.25) is 19.2 Å². The second-order valence-corrected chi connectivity index (χ2v) is 9.77. The molecule has 0 aromatic heterocycles. The summed E-state index contributed by atoms with van der Waals surface area (Å²) in [7, 11) is 0. The molecule has 1 aliphatic rings. The Morgan fingerprint density at radius 3 is 2.11 bits per heavy atom. The van der Waals surface area contributed by atoms with Gasteiger partial charge in [0.05, 0.1) is 6.04 Å². The maximum Gasteiger partial charge on any atom is 0.416 e. The van der Waals surface area contributed by atoms with Gasteiger partial charge in [-0.15, -0.1) is 0 Å². The zero-order chi connectivity index (χ0) is 28.1. The average Bonchev–Trinajstić information content (AvgIpc) is 3.29. The van der Waals surface area contributed by atoms with Crippen molar-refractivity contribution < 1.29 is 42.2 Å². The number of carbonyl (C=O) groups excluding carboxylic acids is 4. The molecule has 2 rings (SSSR count). The summed E-state index contributed by atoms with van der Waals surface area (Å²) >= 11 is 0. The number of likely N-dealkylation sites (tertiary alicyclic amines) is 1. The van der Waals surface area contributed by atoms with Crippen LogP contribution in [-0.2, 0) is 14.4 Å². The van der Waals surface area contributed by atoms with Gasteiger partial charge < -0.3 is 25.4 Å². The summed E-state index contributed by atoms with van der Waals surface area (Å²) < 4.78 is 44.2. The maximum absolute atomic E-state index is 13.4. The molecule has 0 radical (unpaired) electrons. The predicted molar refractivity (Wildman–Crippen MR) is 127 cm³/mol. The van der Waals surface area contributed by atoms with E-state index in [0.717, 1.165) is 0 Å². The number of aliphatic hydroxyl groups excluding tert-OH is 1. The molecule has 0 spiro atoms. The molecule has 9 nitrogen and oxygen atoms in total. The van der Waals surface area contributed by atoms with E-state index in [-0.39, 0.29) is 30.2 Å². The van der Waals surface area contributed by atoms with Gasteiger partial charge in [0.2, 0.25) is 11.8 Å². The first-order valence-corrected chi connectivity index (χ1v) is 12.1. The highest BCUT2D eigenvalue weighted by Crippen LogP contribution is 2.27. The first-order valence-electron chi connectivity index (χ1n) is 12.1. The van der Waals surface area contributed by atoms with E-state index in [1.165, 1.54) is 49.9 Å². The van der Waals surface area contributed by atoms with Gasteiger partial charge in [-0.1, -0.05) is 27.7 Å². The van der Waals surface area contributed by atoms with Crippen LogP contribution >= 0.6 is 0 Å². The third-order valence-electron chi connectivity index (χ3n) is 6.14. The normalized spacial score (nSPS) is 18.4. The molecule has 4 atom stereocenters. The van der Waals surface area contributed by atoms with E-state index in [1.807, 2.05) is 0 Å². The van der Waals surface area contributed by atoms with Crippen molar-refractivity contribution in [3.05, 3.63) is 29.8 Å². The average molecular weight is 530 g/mol. The number of hydrogen-bond donors (Lipinski definition) is 3. The molecule has 3 amide bonds. The molecule has 206 valence electrons. The third-order valence-corrected chi connectivity index (χ3v) is 6.14. The Morgan fingerprint density at radius 2 is 1.62 bits per heavy atom. The summed E-state index contributed by atoms with van der Waals surface area (Å²) in [6, 6.07) is 2.11. The van der Waals surface area contributed by atoms with Gasteiger partial charge in [0.1, 0.15) is 17.8 Å². The number of nitrogens with one attached hydrogen (secondary N) is 2. The van der Waals surface area contributed by atoms with Crippen LogP contribution in [0.25, 0.3) is 0 Å². The first kappa shape index (κ1) is 30.1. The first-order chi connectivity index (χ1) is 17.1. The second-order valence-electron chi connectivity index (χ2n) is 9.77. The molecule has 3 N–H and O–H groups in total. The molecule has 0 bridgehead atoms. The van der Waals surface area contributed by atoms with Crippen LogP contribution in [0.4, 0.5) is 13.2 Å². The van der Waals surface area contributed by atoms with E-state index in [1.54, 1.807) is 13.8 Å². The summed E-state index contributed by atoms with van der Waals surface area (Å²) in [5, 5.41) is 14.7. The Morgan fingerprint density at radius 1 is 1.03 bits per heavy atom. The Hall–Kier alpha value is -3.15. The lowest BCUT2D eigenvalue weighted by Crippen LogP contribution is -2.59. The molecule has 1 aromatic rings. The zero-order valence-corrected chi connectivity index (χ0v) is 21.5. The number of esters is 1. The van der Waals surface area contributed by atoms with Crippen LogP contribution in [0.1, 0.15) is 57.8 Å². The summed E-state index contributed by atoms with van der Waals surface area (Å²) in [4.78, 5) is 51.5. The molecule has 2 unspecified atom stereocenters. The highest BCUT2D eigenvalue weighted by molar-refractivity contribution is 5.98. The predicted octanol–water partition coefficient (Wildman–Crippen LogP) is 2.42. The zero-order valence-electron chi connectivity index (χ0n) is 21.5. The van der Waals surface area contributed by atoms with Crippen molar-refractivity contribution in [2.75, 3.05) is 6.54 Å². The number of ether oxygens (including phenoxy) is 1. The maximum atomic E-state index is 13.4. The van der Waals surface area contributed by atoms with E-state index in [9.17, 15) is 37.5 Å². The van der Waals surface area contributed by atoms with Crippen LogP contribution in [-0.4, -0.2) is 70.6 Å².